The zero-order chi connectivity index (χ0) is 21.7. The number of fused-ring (bicyclic) bond motifs is 1. The van der Waals surface area contributed by atoms with E-state index in [0.717, 1.165) is 46.0 Å². The lowest BCUT2D eigenvalue weighted by Gasteiger charge is -2.15. The summed E-state index contributed by atoms with van der Waals surface area (Å²) in [6.45, 7) is 8.95. The largest absolute Gasteiger partial charge is 0.489 e. The fraction of sp³-hybridized carbons (Fsp3) is 0.269. The number of hydrogen-bond acceptors (Lipinski definition) is 3. The number of hydrogen-bond donors (Lipinski definition) is 0. The third-order valence-corrected chi connectivity index (χ3v) is 6.99. The molecule has 160 valence electrons. The van der Waals surface area contributed by atoms with Crippen LogP contribution >= 0.6 is 0 Å². The third kappa shape index (κ3) is 5.84. The normalized spacial score (nSPS) is 11.7. The van der Waals surface area contributed by atoms with Crippen molar-refractivity contribution in [2.45, 2.75) is 39.0 Å². The standard InChI is InChI=1S/C26H30N2O2Si/c1-31(2,3)16-15-29-20-28-26-17-23(9-10-24(26)18-27-28)22-11-13-25(14-12-22)30-19-21-7-5-4-6-8-21/h4-14,17-18H,15-16,19-20H2,1-3H3. The van der Waals surface area contributed by atoms with Crippen molar-refractivity contribution in [2.24, 2.45) is 0 Å². The Balaban J connectivity index is 1.43. The molecule has 0 spiro atoms. The summed E-state index contributed by atoms with van der Waals surface area (Å²) in [5.41, 5.74) is 4.57. The Kier molecular flexibility index (Phi) is 6.54. The van der Waals surface area contributed by atoms with Crippen LogP contribution in [0.4, 0.5) is 0 Å². The van der Waals surface area contributed by atoms with E-state index in [1.165, 1.54) is 0 Å². The average molecular weight is 431 g/mol. The number of nitrogens with zero attached hydrogens (tertiary/aromatic N) is 2. The molecule has 0 amide bonds. The van der Waals surface area contributed by atoms with Crippen molar-refractivity contribution in [1.29, 1.82) is 0 Å². The molecule has 0 aliphatic heterocycles. The van der Waals surface area contributed by atoms with Gasteiger partial charge in [-0.2, -0.15) is 5.10 Å². The lowest BCUT2D eigenvalue weighted by molar-refractivity contribution is 0.0817. The molecule has 1 aromatic heterocycles. The van der Waals surface area contributed by atoms with Gasteiger partial charge in [-0.05, 0) is 40.9 Å². The summed E-state index contributed by atoms with van der Waals surface area (Å²) >= 11 is 0. The van der Waals surface area contributed by atoms with Crippen LogP contribution in [0.2, 0.25) is 25.7 Å². The van der Waals surface area contributed by atoms with E-state index in [4.69, 9.17) is 9.47 Å². The molecule has 4 nitrogen and oxygen atoms in total. The number of ether oxygens (including phenoxy) is 2. The highest BCUT2D eigenvalue weighted by atomic mass is 28.3. The molecule has 0 saturated carbocycles. The first-order valence-corrected chi connectivity index (χ1v) is 14.5. The van der Waals surface area contributed by atoms with Gasteiger partial charge in [0.2, 0.25) is 0 Å². The second kappa shape index (κ2) is 9.50. The van der Waals surface area contributed by atoms with E-state index in [0.29, 0.717) is 13.3 Å². The molecule has 0 radical (unpaired) electrons. The van der Waals surface area contributed by atoms with Crippen LogP contribution in [0.3, 0.4) is 0 Å². The van der Waals surface area contributed by atoms with Crippen molar-refractivity contribution in [3.63, 3.8) is 0 Å². The monoisotopic (exact) mass is 430 g/mol. The summed E-state index contributed by atoms with van der Waals surface area (Å²) in [5.74, 6) is 0.870. The first-order chi connectivity index (χ1) is 15.0. The highest BCUT2D eigenvalue weighted by Crippen LogP contribution is 2.26. The lowest BCUT2D eigenvalue weighted by atomic mass is 10.0. The second-order valence-corrected chi connectivity index (χ2v) is 14.7. The fourth-order valence-electron chi connectivity index (χ4n) is 3.37. The van der Waals surface area contributed by atoms with Crippen LogP contribution < -0.4 is 4.74 Å². The molecule has 0 saturated heterocycles. The van der Waals surface area contributed by atoms with Crippen LogP contribution in [0.5, 0.6) is 5.75 Å². The molecule has 0 N–H and O–H groups in total. The topological polar surface area (TPSA) is 36.3 Å². The van der Waals surface area contributed by atoms with Crippen LogP contribution in [0.15, 0.2) is 79.0 Å². The van der Waals surface area contributed by atoms with Gasteiger partial charge in [-0.3, -0.25) is 0 Å². The summed E-state index contributed by atoms with van der Waals surface area (Å²) in [4.78, 5) is 0. The molecule has 0 fully saturated rings. The van der Waals surface area contributed by atoms with Gasteiger partial charge in [0, 0.05) is 20.1 Å². The highest BCUT2D eigenvalue weighted by molar-refractivity contribution is 6.76. The first-order valence-electron chi connectivity index (χ1n) is 10.8. The van der Waals surface area contributed by atoms with Gasteiger partial charge < -0.3 is 9.47 Å². The maximum Gasteiger partial charge on any atom is 0.139 e. The van der Waals surface area contributed by atoms with Crippen molar-refractivity contribution in [1.82, 2.24) is 9.78 Å². The highest BCUT2D eigenvalue weighted by Gasteiger charge is 2.12. The van der Waals surface area contributed by atoms with E-state index in [-0.39, 0.29) is 0 Å². The van der Waals surface area contributed by atoms with Crippen molar-refractivity contribution < 1.29 is 9.47 Å². The van der Waals surface area contributed by atoms with E-state index in [1.54, 1.807) is 0 Å². The Morgan fingerprint density at radius 3 is 2.35 bits per heavy atom. The minimum Gasteiger partial charge on any atom is -0.489 e. The molecule has 3 aromatic carbocycles. The maximum absolute atomic E-state index is 5.91. The van der Waals surface area contributed by atoms with Gasteiger partial charge in [0.15, 0.2) is 0 Å². The van der Waals surface area contributed by atoms with E-state index in [2.05, 4.69) is 67.2 Å². The predicted octanol–water partition coefficient (Wildman–Crippen LogP) is 6.59. The summed E-state index contributed by atoms with van der Waals surface area (Å²) in [6, 6.07) is 26.1. The van der Waals surface area contributed by atoms with E-state index in [9.17, 15) is 0 Å². The van der Waals surface area contributed by atoms with Gasteiger partial charge >= 0.3 is 0 Å². The zero-order valence-electron chi connectivity index (χ0n) is 18.5. The minimum atomic E-state index is -1.08. The number of rotatable bonds is 9. The third-order valence-electron chi connectivity index (χ3n) is 5.29. The van der Waals surface area contributed by atoms with Crippen LogP contribution in [-0.2, 0) is 18.1 Å². The minimum absolute atomic E-state index is 0.490. The summed E-state index contributed by atoms with van der Waals surface area (Å²) < 4.78 is 13.8. The molecule has 5 heteroatoms. The Morgan fingerprint density at radius 1 is 0.871 bits per heavy atom. The molecular weight excluding hydrogens is 400 g/mol. The van der Waals surface area contributed by atoms with E-state index in [1.807, 2.05) is 41.2 Å². The molecule has 0 atom stereocenters. The van der Waals surface area contributed by atoms with Crippen LogP contribution in [0.25, 0.3) is 22.0 Å². The quantitative estimate of drug-likeness (QED) is 0.222. The van der Waals surface area contributed by atoms with Crippen molar-refractivity contribution in [3.8, 4) is 16.9 Å². The molecule has 0 bridgehead atoms. The van der Waals surface area contributed by atoms with Crippen molar-refractivity contribution >= 4 is 19.0 Å². The molecule has 0 aliphatic carbocycles. The van der Waals surface area contributed by atoms with Gasteiger partial charge in [0.05, 0.1) is 11.7 Å². The fourth-order valence-corrected chi connectivity index (χ4v) is 4.12. The summed E-state index contributed by atoms with van der Waals surface area (Å²) in [6.07, 6.45) is 1.90. The number of aromatic nitrogens is 2. The van der Waals surface area contributed by atoms with Gasteiger partial charge in [-0.25, -0.2) is 4.68 Å². The van der Waals surface area contributed by atoms with E-state index >= 15 is 0 Å². The van der Waals surface area contributed by atoms with E-state index < -0.39 is 8.07 Å². The first kappa shape index (κ1) is 21.3. The zero-order valence-corrected chi connectivity index (χ0v) is 19.5. The smallest absolute Gasteiger partial charge is 0.139 e. The Morgan fingerprint density at radius 2 is 1.61 bits per heavy atom. The lowest BCUT2D eigenvalue weighted by Crippen LogP contribution is -2.22. The molecule has 4 rings (SSSR count). The van der Waals surface area contributed by atoms with Gasteiger partial charge in [0.1, 0.15) is 19.1 Å². The summed E-state index contributed by atoms with van der Waals surface area (Å²) in [7, 11) is -1.08. The Labute approximate surface area is 185 Å². The van der Waals surface area contributed by atoms with Crippen molar-refractivity contribution in [3.05, 3.63) is 84.6 Å². The second-order valence-electron chi connectivity index (χ2n) is 9.06. The van der Waals surface area contributed by atoms with Gasteiger partial charge in [-0.15, -0.1) is 0 Å². The summed E-state index contributed by atoms with van der Waals surface area (Å²) in [5, 5.41) is 5.64. The predicted molar refractivity (Wildman–Crippen MR) is 130 cm³/mol. The molecule has 31 heavy (non-hydrogen) atoms. The molecule has 4 aromatic rings. The van der Waals surface area contributed by atoms with Gasteiger partial charge in [0.25, 0.3) is 0 Å². The molecule has 1 heterocycles. The molecule has 0 aliphatic rings. The SMILES string of the molecule is C[Si](C)(C)CCOCn1ncc2ccc(-c3ccc(OCc4ccccc4)cc3)cc21. The Bertz CT molecular complexity index is 1120. The molecular formula is C26H30N2O2Si. The van der Waals surface area contributed by atoms with Crippen LogP contribution in [-0.4, -0.2) is 24.5 Å². The maximum atomic E-state index is 5.91. The number of benzene rings is 3. The van der Waals surface area contributed by atoms with Crippen LogP contribution in [0.1, 0.15) is 5.56 Å². The van der Waals surface area contributed by atoms with Gasteiger partial charge in [-0.1, -0.05) is 74.2 Å². The average Bonchev–Trinajstić information content (AvgIpc) is 3.18. The molecule has 0 unspecified atom stereocenters. The van der Waals surface area contributed by atoms with Crippen LogP contribution in [0, 0.1) is 0 Å². The van der Waals surface area contributed by atoms with Crippen molar-refractivity contribution in [2.75, 3.05) is 6.61 Å². The Hall–Kier alpha value is -2.89.